The number of benzene rings is 1. The Kier molecular flexibility index (Phi) is 3.17. The fourth-order valence-corrected chi connectivity index (χ4v) is 2.74. The summed E-state index contributed by atoms with van der Waals surface area (Å²) in [6, 6.07) is 5.48. The molecule has 0 unspecified atom stereocenters. The Labute approximate surface area is 108 Å². The third-order valence-electron chi connectivity index (χ3n) is 2.41. The van der Waals surface area contributed by atoms with Gasteiger partial charge in [0.05, 0.1) is 14.7 Å². The van der Waals surface area contributed by atoms with E-state index in [1.807, 2.05) is 0 Å². The van der Waals surface area contributed by atoms with E-state index in [1.54, 1.807) is 0 Å². The number of nitro benzene ring substituents is 1. The average molecular weight is 280 g/mol. The number of nitro groups is 1. The molecule has 0 aliphatic heterocycles. The summed E-state index contributed by atoms with van der Waals surface area (Å²) in [6.45, 7) is 0. The van der Waals surface area contributed by atoms with Gasteiger partial charge < -0.3 is 5.11 Å². The number of sulfone groups is 1. The van der Waals surface area contributed by atoms with Gasteiger partial charge in [-0.2, -0.15) is 0 Å². The highest BCUT2D eigenvalue weighted by Gasteiger charge is 2.21. The zero-order valence-electron chi connectivity index (χ0n) is 9.42. The first-order valence-electron chi connectivity index (χ1n) is 5.05. The summed E-state index contributed by atoms with van der Waals surface area (Å²) in [5, 5.41) is 20.0. The predicted molar refractivity (Wildman–Crippen MR) is 64.5 cm³/mol. The third kappa shape index (κ3) is 2.38. The topological polar surface area (TPSA) is 110 Å². The second kappa shape index (κ2) is 4.65. The Morgan fingerprint density at radius 3 is 2.26 bits per heavy atom. The number of nitrogens with zero attached hydrogens (tertiary/aromatic N) is 2. The molecule has 8 heteroatoms. The first kappa shape index (κ1) is 13.0. The summed E-state index contributed by atoms with van der Waals surface area (Å²) in [5.74, 6) is -0.694. The largest absolute Gasteiger partial charge is 0.502 e. The maximum absolute atomic E-state index is 12.2. The van der Waals surface area contributed by atoms with Crippen LogP contribution in [0.1, 0.15) is 0 Å². The molecule has 2 rings (SSSR count). The molecule has 0 spiro atoms. The molecule has 0 bridgehead atoms. The second-order valence-electron chi connectivity index (χ2n) is 3.59. The van der Waals surface area contributed by atoms with Gasteiger partial charge in [-0.25, -0.2) is 8.42 Å². The van der Waals surface area contributed by atoms with Crippen molar-refractivity contribution in [2.45, 2.75) is 9.79 Å². The normalized spacial score (nSPS) is 11.2. The molecule has 0 amide bonds. The van der Waals surface area contributed by atoms with Crippen molar-refractivity contribution in [1.29, 1.82) is 0 Å². The Hall–Kier alpha value is -2.48. The summed E-state index contributed by atoms with van der Waals surface area (Å²) in [7, 11) is -3.83. The highest BCUT2D eigenvalue weighted by molar-refractivity contribution is 7.91. The Balaban J connectivity index is 2.54. The molecule has 2 aromatic rings. The molecule has 0 saturated heterocycles. The second-order valence-corrected chi connectivity index (χ2v) is 5.54. The lowest BCUT2D eigenvalue weighted by molar-refractivity contribution is -0.385. The molecule has 19 heavy (non-hydrogen) atoms. The summed E-state index contributed by atoms with van der Waals surface area (Å²) in [5.41, 5.74) is -0.548. The molecule has 0 aliphatic rings. The lowest BCUT2D eigenvalue weighted by Gasteiger charge is -2.04. The number of pyridine rings is 1. The van der Waals surface area contributed by atoms with Crippen molar-refractivity contribution >= 4 is 15.5 Å². The van der Waals surface area contributed by atoms with Crippen molar-refractivity contribution in [2.24, 2.45) is 0 Å². The van der Waals surface area contributed by atoms with Crippen molar-refractivity contribution in [2.75, 3.05) is 0 Å². The number of hydrogen-bond acceptors (Lipinski definition) is 6. The van der Waals surface area contributed by atoms with Gasteiger partial charge in [0.25, 0.3) is 0 Å². The molecule has 98 valence electrons. The molecule has 1 aromatic carbocycles. The molecular formula is C11H8N2O5S. The summed E-state index contributed by atoms with van der Waals surface area (Å²) >= 11 is 0. The lowest BCUT2D eigenvalue weighted by atomic mass is 10.3. The molecule has 0 fully saturated rings. The van der Waals surface area contributed by atoms with Gasteiger partial charge >= 0.3 is 5.69 Å². The zero-order chi connectivity index (χ0) is 14.0. The summed E-state index contributed by atoms with van der Waals surface area (Å²) < 4.78 is 24.3. The van der Waals surface area contributed by atoms with Crippen molar-refractivity contribution in [3.05, 3.63) is 52.8 Å². The van der Waals surface area contributed by atoms with E-state index >= 15 is 0 Å². The van der Waals surface area contributed by atoms with Gasteiger partial charge in [0.1, 0.15) is 0 Å². The van der Waals surface area contributed by atoms with Crippen LogP contribution < -0.4 is 0 Å². The first-order chi connectivity index (χ1) is 8.93. The zero-order valence-corrected chi connectivity index (χ0v) is 10.2. The SMILES string of the molecule is O=[N+]([O-])c1ccc(S(=O)(=O)c2ccncc2)cc1O. The van der Waals surface area contributed by atoms with E-state index in [1.165, 1.54) is 24.5 Å². The average Bonchev–Trinajstić information content (AvgIpc) is 2.39. The van der Waals surface area contributed by atoms with Gasteiger partial charge in [0.15, 0.2) is 5.75 Å². The molecule has 1 N–H and O–H groups in total. The number of rotatable bonds is 3. The van der Waals surface area contributed by atoms with Crippen LogP contribution in [0.3, 0.4) is 0 Å². The van der Waals surface area contributed by atoms with Crippen LogP contribution in [0.5, 0.6) is 5.75 Å². The molecule has 0 atom stereocenters. The maximum atomic E-state index is 12.2. The van der Waals surface area contributed by atoms with Crippen LogP contribution in [-0.2, 0) is 9.84 Å². The predicted octanol–water partition coefficient (Wildman–Crippen LogP) is 1.53. The van der Waals surface area contributed by atoms with Crippen molar-refractivity contribution in [3.8, 4) is 5.75 Å². The van der Waals surface area contributed by atoms with E-state index in [4.69, 9.17) is 0 Å². The van der Waals surface area contributed by atoms with E-state index in [0.29, 0.717) is 0 Å². The quantitative estimate of drug-likeness (QED) is 0.674. The minimum atomic E-state index is -3.83. The van der Waals surface area contributed by atoms with Crippen LogP contribution in [0.15, 0.2) is 52.5 Å². The van der Waals surface area contributed by atoms with Crippen molar-refractivity contribution in [1.82, 2.24) is 4.98 Å². The van der Waals surface area contributed by atoms with Gasteiger partial charge in [0, 0.05) is 24.5 Å². The van der Waals surface area contributed by atoms with Gasteiger partial charge in [-0.05, 0) is 18.2 Å². The molecule has 0 saturated carbocycles. The minimum Gasteiger partial charge on any atom is -0.502 e. The maximum Gasteiger partial charge on any atom is 0.310 e. The van der Waals surface area contributed by atoms with Gasteiger partial charge in [-0.3, -0.25) is 15.1 Å². The van der Waals surface area contributed by atoms with E-state index in [9.17, 15) is 23.6 Å². The molecule has 1 aromatic heterocycles. The van der Waals surface area contributed by atoms with Crippen molar-refractivity contribution in [3.63, 3.8) is 0 Å². The van der Waals surface area contributed by atoms with Gasteiger partial charge in [0.2, 0.25) is 9.84 Å². The lowest BCUT2D eigenvalue weighted by Crippen LogP contribution is -2.02. The van der Waals surface area contributed by atoms with Crippen LogP contribution in [0.2, 0.25) is 0 Å². The standard InChI is InChI=1S/C11H8N2O5S/c14-11-7-9(1-2-10(11)13(15)16)19(17,18)8-3-5-12-6-4-8/h1-7,14H. The number of hydrogen-bond donors (Lipinski definition) is 1. The molecular weight excluding hydrogens is 272 g/mol. The fraction of sp³-hybridized carbons (Fsp3) is 0. The van der Waals surface area contributed by atoms with Crippen molar-refractivity contribution < 1.29 is 18.4 Å². The van der Waals surface area contributed by atoms with Crippen LogP contribution in [0.25, 0.3) is 0 Å². The highest BCUT2D eigenvalue weighted by atomic mass is 32.2. The van der Waals surface area contributed by atoms with E-state index < -0.39 is 26.2 Å². The van der Waals surface area contributed by atoms with E-state index in [0.717, 1.165) is 18.2 Å². The third-order valence-corrected chi connectivity index (χ3v) is 4.18. The molecule has 0 radical (unpaired) electrons. The Morgan fingerprint density at radius 2 is 1.74 bits per heavy atom. The molecule has 1 heterocycles. The van der Waals surface area contributed by atoms with Crippen LogP contribution in [0.4, 0.5) is 5.69 Å². The fourth-order valence-electron chi connectivity index (χ4n) is 1.48. The number of aromatic nitrogens is 1. The van der Waals surface area contributed by atoms with E-state index in [2.05, 4.69) is 4.98 Å². The summed E-state index contributed by atoms with van der Waals surface area (Å²) in [6.07, 6.45) is 2.64. The van der Waals surface area contributed by atoms with Gasteiger partial charge in [-0.15, -0.1) is 0 Å². The highest BCUT2D eigenvalue weighted by Crippen LogP contribution is 2.30. The number of aromatic hydroxyl groups is 1. The van der Waals surface area contributed by atoms with Crippen LogP contribution in [0, 0.1) is 10.1 Å². The van der Waals surface area contributed by atoms with Gasteiger partial charge in [-0.1, -0.05) is 0 Å². The molecule has 7 nitrogen and oxygen atoms in total. The number of phenols is 1. The first-order valence-corrected chi connectivity index (χ1v) is 6.54. The van der Waals surface area contributed by atoms with Crippen LogP contribution in [-0.4, -0.2) is 23.4 Å². The van der Waals surface area contributed by atoms with Crippen LogP contribution >= 0.6 is 0 Å². The molecule has 0 aliphatic carbocycles. The van der Waals surface area contributed by atoms with E-state index in [-0.39, 0.29) is 9.79 Å². The number of phenolic OH excluding ortho intramolecular Hbond substituents is 1. The minimum absolute atomic E-state index is 0.00393. The smallest absolute Gasteiger partial charge is 0.310 e. The Bertz CT molecular complexity index is 728. The Morgan fingerprint density at radius 1 is 1.11 bits per heavy atom. The summed E-state index contributed by atoms with van der Waals surface area (Å²) in [4.78, 5) is 13.2. The monoisotopic (exact) mass is 280 g/mol.